The van der Waals surface area contributed by atoms with Crippen molar-refractivity contribution in [3.05, 3.63) is 35.4 Å². The Balaban J connectivity index is 2.25. The molecule has 0 saturated carbocycles. The van der Waals surface area contributed by atoms with Crippen LogP contribution >= 0.6 is 0 Å². The lowest BCUT2D eigenvalue weighted by Crippen LogP contribution is -2.37. The van der Waals surface area contributed by atoms with Crippen LogP contribution in [0.4, 0.5) is 8.78 Å². The fourth-order valence-electron chi connectivity index (χ4n) is 2.23. The minimum Gasteiger partial charge on any atom is -0.373 e. The molecule has 94 valence electrons. The molecule has 1 aliphatic rings. The second-order valence-corrected chi connectivity index (χ2v) is 4.37. The molecular formula is C12H16F2N2O. The zero-order chi connectivity index (χ0) is 12.4. The van der Waals surface area contributed by atoms with Crippen LogP contribution in [0, 0.1) is 11.6 Å². The Morgan fingerprint density at radius 3 is 2.76 bits per heavy atom. The maximum Gasteiger partial charge on any atom is 0.128 e. The molecule has 2 rings (SSSR count). The Bertz CT molecular complexity index is 400. The molecule has 5 heteroatoms. The number of nitrogens with one attached hydrogen (secondary N) is 1. The number of rotatable bonds is 3. The van der Waals surface area contributed by atoms with Crippen molar-refractivity contribution in [3.63, 3.8) is 0 Å². The summed E-state index contributed by atoms with van der Waals surface area (Å²) in [5, 5.41) is 0. The highest BCUT2D eigenvalue weighted by Crippen LogP contribution is 2.31. The van der Waals surface area contributed by atoms with Crippen molar-refractivity contribution < 1.29 is 13.5 Å². The maximum absolute atomic E-state index is 13.6. The van der Waals surface area contributed by atoms with E-state index in [0.29, 0.717) is 0 Å². The molecule has 0 amide bonds. The van der Waals surface area contributed by atoms with Crippen LogP contribution in [0.5, 0.6) is 0 Å². The van der Waals surface area contributed by atoms with E-state index in [2.05, 4.69) is 5.43 Å². The summed E-state index contributed by atoms with van der Waals surface area (Å²) in [4.78, 5) is 0. The molecule has 0 spiro atoms. The molecular weight excluding hydrogens is 226 g/mol. The summed E-state index contributed by atoms with van der Waals surface area (Å²) in [5.41, 5.74) is 2.73. The highest BCUT2D eigenvalue weighted by atomic mass is 19.1. The second-order valence-electron chi connectivity index (χ2n) is 4.37. The summed E-state index contributed by atoms with van der Waals surface area (Å²) in [6, 6.07) is 2.83. The van der Waals surface area contributed by atoms with Crippen LogP contribution in [0.1, 0.15) is 31.4 Å². The van der Waals surface area contributed by atoms with E-state index in [1.165, 1.54) is 0 Å². The number of nitrogens with two attached hydrogens (primary N) is 1. The van der Waals surface area contributed by atoms with Crippen molar-refractivity contribution in [3.8, 4) is 0 Å². The number of ether oxygens (including phenoxy) is 1. The molecule has 1 aliphatic heterocycles. The minimum absolute atomic E-state index is 0.132. The van der Waals surface area contributed by atoms with Crippen LogP contribution in [0.15, 0.2) is 18.2 Å². The van der Waals surface area contributed by atoms with Gasteiger partial charge in [-0.15, -0.1) is 0 Å². The van der Waals surface area contributed by atoms with Gasteiger partial charge in [-0.3, -0.25) is 11.3 Å². The average molecular weight is 242 g/mol. The van der Waals surface area contributed by atoms with E-state index in [1.807, 2.05) is 6.92 Å². The standard InChI is InChI=1S/C12H16F2N2O/c1-7-2-5-11(17-7)12(16-15)9-6-8(13)3-4-10(9)14/h3-4,6-7,11-12,16H,2,5,15H2,1H3. The first-order valence-electron chi connectivity index (χ1n) is 5.68. The molecule has 1 saturated heterocycles. The maximum atomic E-state index is 13.6. The molecule has 3 N–H and O–H groups in total. The van der Waals surface area contributed by atoms with E-state index in [9.17, 15) is 8.78 Å². The zero-order valence-corrected chi connectivity index (χ0v) is 9.62. The highest BCUT2D eigenvalue weighted by Gasteiger charge is 2.31. The van der Waals surface area contributed by atoms with Gasteiger partial charge in [-0.25, -0.2) is 8.78 Å². The molecule has 1 fully saturated rings. The largest absolute Gasteiger partial charge is 0.373 e. The number of benzene rings is 1. The van der Waals surface area contributed by atoms with Gasteiger partial charge in [0.2, 0.25) is 0 Å². The first-order valence-corrected chi connectivity index (χ1v) is 5.68. The van der Waals surface area contributed by atoms with Crippen LogP contribution in [-0.2, 0) is 4.74 Å². The van der Waals surface area contributed by atoms with E-state index in [1.54, 1.807) is 0 Å². The smallest absolute Gasteiger partial charge is 0.128 e. The van der Waals surface area contributed by atoms with Gasteiger partial charge < -0.3 is 4.74 Å². The van der Waals surface area contributed by atoms with Gasteiger partial charge in [0.25, 0.3) is 0 Å². The summed E-state index contributed by atoms with van der Waals surface area (Å²) in [6.45, 7) is 1.95. The Kier molecular flexibility index (Phi) is 3.71. The molecule has 3 atom stereocenters. The number of hydrogen-bond donors (Lipinski definition) is 2. The summed E-state index contributed by atoms with van der Waals surface area (Å²) in [6.07, 6.45) is 1.60. The number of hydrazine groups is 1. The summed E-state index contributed by atoms with van der Waals surface area (Å²) in [5.74, 6) is 4.48. The lowest BCUT2D eigenvalue weighted by molar-refractivity contribution is 0.0307. The third-order valence-electron chi connectivity index (χ3n) is 3.11. The van der Waals surface area contributed by atoms with Crippen molar-refractivity contribution in [1.29, 1.82) is 0 Å². The minimum atomic E-state index is -0.518. The van der Waals surface area contributed by atoms with Gasteiger partial charge in [0.15, 0.2) is 0 Å². The summed E-state index contributed by atoms with van der Waals surface area (Å²) >= 11 is 0. The van der Waals surface area contributed by atoms with Crippen LogP contribution < -0.4 is 11.3 Å². The van der Waals surface area contributed by atoms with Crippen LogP contribution in [-0.4, -0.2) is 12.2 Å². The molecule has 0 bridgehead atoms. The first kappa shape index (κ1) is 12.4. The molecule has 3 unspecified atom stereocenters. The quantitative estimate of drug-likeness (QED) is 0.630. The van der Waals surface area contributed by atoms with Gasteiger partial charge in [0, 0.05) is 5.56 Å². The Morgan fingerprint density at radius 2 is 2.18 bits per heavy atom. The number of hydrogen-bond acceptors (Lipinski definition) is 3. The van der Waals surface area contributed by atoms with Crippen LogP contribution in [0.3, 0.4) is 0 Å². The Morgan fingerprint density at radius 1 is 1.41 bits per heavy atom. The van der Waals surface area contributed by atoms with Crippen LogP contribution in [0.25, 0.3) is 0 Å². The molecule has 0 aromatic heterocycles. The second kappa shape index (κ2) is 5.08. The van der Waals surface area contributed by atoms with Gasteiger partial charge in [-0.2, -0.15) is 0 Å². The van der Waals surface area contributed by atoms with Gasteiger partial charge in [0.1, 0.15) is 11.6 Å². The Labute approximate surface area is 98.9 Å². The Hall–Kier alpha value is -1.04. The predicted molar refractivity (Wildman–Crippen MR) is 60.0 cm³/mol. The summed E-state index contributed by atoms with van der Waals surface area (Å²) < 4.78 is 32.4. The van der Waals surface area contributed by atoms with Gasteiger partial charge in [-0.05, 0) is 38.0 Å². The van der Waals surface area contributed by atoms with E-state index < -0.39 is 17.7 Å². The molecule has 1 aromatic rings. The molecule has 17 heavy (non-hydrogen) atoms. The van der Waals surface area contributed by atoms with Crippen molar-refractivity contribution in [2.75, 3.05) is 0 Å². The molecule has 1 heterocycles. The van der Waals surface area contributed by atoms with Gasteiger partial charge >= 0.3 is 0 Å². The predicted octanol–water partition coefficient (Wildman–Crippen LogP) is 2.04. The van der Waals surface area contributed by atoms with Crippen molar-refractivity contribution in [1.82, 2.24) is 5.43 Å². The van der Waals surface area contributed by atoms with Crippen molar-refractivity contribution in [2.24, 2.45) is 5.84 Å². The number of halogens is 2. The van der Waals surface area contributed by atoms with Gasteiger partial charge in [0.05, 0.1) is 18.2 Å². The van der Waals surface area contributed by atoms with Crippen molar-refractivity contribution >= 4 is 0 Å². The van der Waals surface area contributed by atoms with Crippen LogP contribution in [0.2, 0.25) is 0 Å². The average Bonchev–Trinajstić information content (AvgIpc) is 2.71. The summed E-state index contributed by atoms with van der Waals surface area (Å²) in [7, 11) is 0. The molecule has 3 nitrogen and oxygen atoms in total. The normalized spacial score (nSPS) is 26.1. The van der Waals surface area contributed by atoms with E-state index in [0.717, 1.165) is 31.0 Å². The zero-order valence-electron chi connectivity index (χ0n) is 9.62. The fourth-order valence-corrected chi connectivity index (χ4v) is 2.23. The third-order valence-corrected chi connectivity index (χ3v) is 3.11. The lowest BCUT2D eigenvalue weighted by Gasteiger charge is -2.23. The van der Waals surface area contributed by atoms with E-state index in [-0.39, 0.29) is 17.8 Å². The van der Waals surface area contributed by atoms with Gasteiger partial charge in [-0.1, -0.05) is 0 Å². The first-order chi connectivity index (χ1) is 8.11. The monoisotopic (exact) mass is 242 g/mol. The van der Waals surface area contributed by atoms with E-state index >= 15 is 0 Å². The van der Waals surface area contributed by atoms with Crippen molar-refractivity contribution in [2.45, 2.75) is 38.0 Å². The molecule has 0 radical (unpaired) electrons. The topological polar surface area (TPSA) is 47.3 Å². The SMILES string of the molecule is CC1CCC(C(NN)c2cc(F)ccc2F)O1. The lowest BCUT2D eigenvalue weighted by atomic mass is 9.99. The molecule has 0 aliphatic carbocycles. The third kappa shape index (κ3) is 2.62. The highest BCUT2D eigenvalue weighted by molar-refractivity contribution is 5.23. The fraction of sp³-hybridized carbons (Fsp3) is 0.500. The molecule has 1 aromatic carbocycles. The van der Waals surface area contributed by atoms with E-state index in [4.69, 9.17) is 10.6 Å².